The molecule has 4 nitrogen and oxygen atoms in total. The van der Waals surface area contributed by atoms with Crippen LogP contribution >= 0.6 is 11.6 Å². The monoisotopic (exact) mass is 196 g/mol. The van der Waals surface area contributed by atoms with Crippen LogP contribution < -0.4 is 0 Å². The van der Waals surface area contributed by atoms with Gasteiger partial charge in [0.2, 0.25) is 0 Å². The van der Waals surface area contributed by atoms with Crippen molar-refractivity contribution in [3.8, 4) is 0 Å². The maximum absolute atomic E-state index is 10.7. The lowest BCUT2D eigenvalue weighted by Gasteiger charge is -1.94. The molecule has 2 aromatic heterocycles. The van der Waals surface area contributed by atoms with Gasteiger partial charge in [-0.3, -0.25) is 0 Å². The van der Waals surface area contributed by atoms with Crippen molar-refractivity contribution in [2.75, 3.05) is 0 Å². The number of hydrogen-bond donors (Lipinski definition) is 2. The standard InChI is InChI=1S/C8H5ClN2O2/c9-5-3-11-6-4(5)1-2-10-7(6)8(12)13/h1-3,11H,(H,12,13). The molecule has 0 aliphatic carbocycles. The molecule has 2 N–H and O–H groups in total. The van der Waals surface area contributed by atoms with Crippen molar-refractivity contribution in [1.29, 1.82) is 0 Å². The third kappa shape index (κ3) is 1.15. The van der Waals surface area contributed by atoms with Crippen molar-refractivity contribution < 1.29 is 9.90 Å². The highest BCUT2D eigenvalue weighted by atomic mass is 35.5. The van der Waals surface area contributed by atoms with Crippen molar-refractivity contribution in [1.82, 2.24) is 9.97 Å². The number of fused-ring (bicyclic) bond motifs is 1. The number of H-pyrrole nitrogens is 1. The highest BCUT2D eigenvalue weighted by molar-refractivity contribution is 6.35. The van der Waals surface area contributed by atoms with E-state index in [4.69, 9.17) is 16.7 Å². The van der Waals surface area contributed by atoms with E-state index in [1.165, 1.54) is 6.20 Å². The summed E-state index contributed by atoms with van der Waals surface area (Å²) in [4.78, 5) is 17.2. The zero-order valence-corrected chi connectivity index (χ0v) is 7.17. The molecule has 0 saturated carbocycles. The summed E-state index contributed by atoms with van der Waals surface area (Å²) < 4.78 is 0. The zero-order chi connectivity index (χ0) is 9.42. The maximum Gasteiger partial charge on any atom is 0.356 e. The van der Waals surface area contributed by atoms with Crippen molar-refractivity contribution in [2.24, 2.45) is 0 Å². The van der Waals surface area contributed by atoms with Crippen LogP contribution in [-0.4, -0.2) is 21.0 Å². The predicted molar refractivity (Wildman–Crippen MR) is 48.1 cm³/mol. The van der Waals surface area contributed by atoms with Crippen LogP contribution in [0.4, 0.5) is 0 Å². The van der Waals surface area contributed by atoms with Crippen LogP contribution in [0.1, 0.15) is 10.5 Å². The Bertz CT molecular complexity index is 478. The van der Waals surface area contributed by atoms with Crippen molar-refractivity contribution >= 4 is 28.5 Å². The Morgan fingerprint density at radius 2 is 2.38 bits per heavy atom. The first-order valence-corrected chi connectivity index (χ1v) is 3.93. The molecule has 0 aromatic carbocycles. The molecule has 2 heterocycles. The van der Waals surface area contributed by atoms with Crippen LogP contribution in [0, 0.1) is 0 Å². The number of nitrogens with one attached hydrogen (secondary N) is 1. The summed E-state index contributed by atoms with van der Waals surface area (Å²) in [6.45, 7) is 0. The summed E-state index contributed by atoms with van der Waals surface area (Å²) in [7, 11) is 0. The fourth-order valence-electron chi connectivity index (χ4n) is 1.18. The zero-order valence-electron chi connectivity index (χ0n) is 6.41. The molecule has 0 amide bonds. The van der Waals surface area contributed by atoms with E-state index in [9.17, 15) is 4.79 Å². The first-order valence-electron chi connectivity index (χ1n) is 3.55. The number of halogens is 1. The van der Waals surface area contributed by atoms with E-state index >= 15 is 0 Å². The number of hydrogen-bond acceptors (Lipinski definition) is 2. The smallest absolute Gasteiger partial charge is 0.356 e. The van der Waals surface area contributed by atoms with Crippen LogP contribution in [-0.2, 0) is 0 Å². The Morgan fingerprint density at radius 1 is 1.62 bits per heavy atom. The van der Waals surface area contributed by atoms with Gasteiger partial charge >= 0.3 is 5.97 Å². The molecule has 0 aliphatic heterocycles. The lowest BCUT2D eigenvalue weighted by Crippen LogP contribution is -2.00. The Labute approximate surface area is 78.2 Å². The van der Waals surface area contributed by atoms with Crippen molar-refractivity contribution in [3.05, 3.63) is 29.2 Å². The predicted octanol–water partition coefficient (Wildman–Crippen LogP) is 1.91. The number of carboxylic acid groups (broad SMARTS) is 1. The molecule has 0 saturated heterocycles. The van der Waals surface area contributed by atoms with Crippen molar-refractivity contribution in [2.45, 2.75) is 0 Å². The first kappa shape index (κ1) is 8.07. The van der Waals surface area contributed by atoms with Crippen LogP contribution in [0.25, 0.3) is 10.9 Å². The first-order chi connectivity index (χ1) is 6.20. The second-order valence-electron chi connectivity index (χ2n) is 2.52. The number of rotatable bonds is 1. The lowest BCUT2D eigenvalue weighted by molar-refractivity contribution is 0.0692. The summed E-state index contributed by atoms with van der Waals surface area (Å²) in [5.41, 5.74) is 0.449. The van der Waals surface area contributed by atoms with Gasteiger partial charge in [0.25, 0.3) is 0 Å². The molecular weight excluding hydrogens is 192 g/mol. The quantitative estimate of drug-likeness (QED) is 0.732. The number of aromatic amines is 1. The van der Waals surface area contributed by atoms with Gasteiger partial charge in [-0.2, -0.15) is 0 Å². The number of aromatic nitrogens is 2. The summed E-state index contributed by atoms with van der Waals surface area (Å²) in [6, 6.07) is 1.67. The molecule has 66 valence electrons. The maximum atomic E-state index is 10.7. The summed E-state index contributed by atoms with van der Waals surface area (Å²) >= 11 is 5.80. The van der Waals surface area contributed by atoms with Gasteiger partial charge in [-0.25, -0.2) is 9.78 Å². The van der Waals surface area contributed by atoms with Crippen LogP contribution in [0.15, 0.2) is 18.5 Å². The third-order valence-corrected chi connectivity index (χ3v) is 2.07. The van der Waals surface area contributed by atoms with Crippen LogP contribution in [0.2, 0.25) is 5.02 Å². The van der Waals surface area contributed by atoms with Crippen LogP contribution in [0.5, 0.6) is 0 Å². The number of carboxylic acids is 1. The second kappa shape index (κ2) is 2.74. The highest BCUT2D eigenvalue weighted by Crippen LogP contribution is 2.23. The molecule has 0 fully saturated rings. The minimum atomic E-state index is -1.07. The molecule has 5 heteroatoms. The normalized spacial score (nSPS) is 10.5. The van der Waals surface area contributed by atoms with Gasteiger partial charge < -0.3 is 10.1 Å². The molecule has 2 rings (SSSR count). The SMILES string of the molecule is O=C(O)c1nccc2c(Cl)c[nH]c12. The molecule has 2 aromatic rings. The summed E-state index contributed by atoms with van der Waals surface area (Å²) in [6.07, 6.45) is 2.96. The number of carbonyl (C=O) groups is 1. The van der Waals surface area contributed by atoms with Gasteiger partial charge in [-0.05, 0) is 6.07 Å². The van der Waals surface area contributed by atoms with E-state index in [2.05, 4.69) is 9.97 Å². The van der Waals surface area contributed by atoms with E-state index in [1.54, 1.807) is 12.3 Å². The molecule has 0 unspecified atom stereocenters. The van der Waals surface area contributed by atoms with Gasteiger partial charge in [0.05, 0.1) is 10.5 Å². The fourth-order valence-corrected chi connectivity index (χ4v) is 1.39. The molecule has 0 aliphatic rings. The number of aromatic carboxylic acids is 1. The van der Waals surface area contributed by atoms with Gasteiger partial charge in [0, 0.05) is 17.8 Å². The van der Waals surface area contributed by atoms with Crippen molar-refractivity contribution in [3.63, 3.8) is 0 Å². The summed E-state index contributed by atoms with van der Waals surface area (Å²) in [5, 5.41) is 9.94. The van der Waals surface area contributed by atoms with E-state index in [1.807, 2.05) is 0 Å². The molecular formula is C8H5ClN2O2. The summed E-state index contributed by atoms with van der Waals surface area (Å²) in [5.74, 6) is -1.07. The highest BCUT2D eigenvalue weighted by Gasteiger charge is 2.12. The second-order valence-corrected chi connectivity index (χ2v) is 2.93. The van der Waals surface area contributed by atoms with Gasteiger partial charge in [-0.1, -0.05) is 11.6 Å². The Hall–Kier alpha value is -1.55. The molecule has 13 heavy (non-hydrogen) atoms. The number of pyridine rings is 1. The topological polar surface area (TPSA) is 66.0 Å². The largest absolute Gasteiger partial charge is 0.476 e. The van der Waals surface area contributed by atoms with E-state index in [0.29, 0.717) is 15.9 Å². The average molecular weight is 197 g/mol. The van der Waals surface area contributed by atoms with E-state index in [0.717, 1.165) is 0 Å². The Balaban J connectivity index is 2.84. The third-order valence-electron chi connectivity index (χ3n) is 1.75. The fraction of sp³-hybridized carbons (Fsp3) is 0. The average Bonchev–Trinajstić information content (AvgIpc) is 2.48. The molecule has 0 spiro atoms. The molecule has 0 atom stereocenters. The number of nitrogens with zero attached hydrogens (tertiary/aromatic N) is 1. The van der Waals surface area contributed by atoms with E-state index < -0.39 is 5.97 Å². The minimum absolute atomic E-state index is 0.00981. The van der Waals surface area contributed by atoms with Gasteiger partial charge in [0.15, 0.2) is 5.69 Å². The Kier molecular flexibility index (Phi) is 1.70. The Morgan fingerprint density at radius 3 is 3.08 bits per heavy atom. The minimum Gasteiger partial charge on any atom is -0.476 e. The molecule has 0 bridgehead atoms. The van der Waals surface area contributed by atoms with Gasteiger partial charge in [0.1, 0.15) is 0 Å². The lowest BCUT2D eigenvalue weighted by atomic mass is 10.2. The van der Waals surface area contributed by atoms with Crippen LogP contribution in [0.3, 0.4) is 0 Å². The van der Waals surface area contributed by atoms with Gasteiger partial charge in [-0.15, -0.1) is 0 Å². The molecule has 0 radical (unpaired) electrons. The van der Waals surface area contributed by atoms with E-state index in [-0.39, 0.29) is 5.69 Å².